The van der Waals surface area contributed by atoms with Crippen LogP contribution in [0.5, 0.6) is 0 Å². The van der Waals surface area contributed by atoms with E-state index in [1.54, 1.807) is 22.3 Å². The molecule has 1 N–H and O–H groups in total. The molecule has 5 nitrogen and oxygen atoms in total. The van der Waals surface area contributed by atoms with Gasteiger partial charge in [0.05, 0.1) is 31.0 Å². The number of hydrogen-bond acceptors (Lipinski definition) is 4. The third-order valence-electron chi connectivity index (χ3n) is 5.95. The van der Waals surface area contributed by atoms with Gasteiger partial charge in [-0.3, -0.25) is 9.59 Å². The Balaban J connectivity index is 1.33. The number of nitrogens with zero attached hydrogens (tertiary/aromatic N) is 1. The minimum absolute atomic E-state index is 0.172. The molecule has 4 unspecified atom stereocenters. The van der Waals surface area contributed by atoms with Gasteiger partial charge in [0.15, 0.2) is 0 Å². The second kappa shape index (κ2) is 6.95. The Morgan fingerprint density at radius 2 is 2.07 bits per heavy atom. The third kappa shape index (κ3) is 2.95. The molecule has 2 amide bonds. The molecular formula is C21H17F3N2O3S. The SMILES string of the molecule is O=C(NCc1c(F)cc(F)cc1F)C1C2C=CC3(CN(Cc4cccs4)C(=O)C13)O2. The van der Waals surface area contributed by atoms with E-state index in [9.17, 15) is 22.8 Å². The van der Waals surface area contributed by atoms with E-state index < -0.39 is 59.0 Å². The van der Waals surface area contributed by atoms with Gasteiger partial charge in [-0.2, -0.15) is 0 Å². The summed E-state index contributed by atoms with van der Waals surface area (Å²) in [6.07, 6.45) is 3.05. The molecule has 2 bridgehead atoms. The van der Waals surface area contributed by atoms with Crippen molar-refractivity contribution in [2.75, 3.05) is 6.54 Å². The largest absolute Gasteiger partial charge is 0.360 e. The molecule has 3 aliphatic heterocycles. The van der Waals surface area contributed by atoms with Gasteiger partial charge >= 0.3 is 0 Å². The van der Waals surface area contributed by atoms with E-state index >= 15 is 0 Å². The zero-order chi connectivity index (χ0) is 21.0. The van der Waals surface area contributed by atoms with E-state index in [2.05, 4.69) is 5.32 Å². The van der Waals surface area contributed by atoms with Crippen LogP contribution in [0.15, 0.2) is 41.8 Å². The van der Waals surface area contributed by atoms with E-state index in [0.29, 0.717) is 25.2 Å². The van der Waals surface area contributed by atoms with Crippen LogP contribution in [-0.4, -0.2) is 35.0 Å². The molecule has 156 valence electrons. The number of ether oxygens (including phenoxy) is 1. The average Bonchev–Trinajstić information content (AvgIpc) is 3.44. The van der Waals surface area contributed by atoms with Crippen LogP contribution < -0.4 is 5.32 Å². The highest BCUT2D eigenvalue weighted by Gasteiger charge is 2.66. The van der Waals surface area contributed by atoms with E-state index in [0.717, 1.165) is 4.88 Å². The van der Waals surface area contributed by atoms with Crippen LogP contribution in [0.2, 0.25) is 0 Å². The summed E-state index contributed by atoms with van der Waals surface area (Å²) in [6.45, 7) is 0.347. The van der Waals surface area contributed by atoms with E-state index in [1.807, 2.05) is 23.6 Å². The molecular weight excluding hydrogens is 417 g/mol. The van der Waals surface area contributed by atoms with Crippen molar-refractivity contribution < 1.29 is 27.5 Å². The minimum atomic E-state index is -1.08. The lowest BCUT2D eigenvalue weighted by molar-refractivity contribution is -0.137. The molecule has 3 aliphatic rings. The number of hydrogen-bond donors (Lipinski definition) is 1. The van der Waals surface area contributed by atoms with E-state index in [-0.39, 0.29) is 5.91 Å². The number of rotatable bonds is 5. The molecule has 0 saturated carbocycles. The van der Waals surface area contributed by atoms with Gasteiger partial charge in [0, 0.05) is 29.1 Å². The third-order valence-corrected chi connectivity index (χ3v) is 6.81. The van der Waals surface area contributed by atoms with Gasteiger partial charge in [-0.1, -0.05) is 18.2 Å². The van der Waals surface area contributed by atoms with Crippen molar-refractivity contribution in [3.63, 3.8) is 0 Å². The molecule has 0 aliphatic carbocycles. The summed E-state index contributed by atoms with van der Waals surface area (Å²) in [5.74, 6) is -5.35. The van der Waals surface area contributed by atoms with Crippen LogP contribution in [0, 0.1) is 29.3 Å². The Bertz CT molecular complexity index is 1030. The quantitative estimate of drug-likeness (QED) is 0.737. The highest BCUT2D eigenvalue weighted by Crippen LogP contribution is 2.52. The zero-order valence-corrected chi connectivity index (χ0v) is 16.4. The lowest BCUT2D eigenvalue weighted by Crippen LogP contribution is -2.44. The molecule has 0 radical (unpaired) electrons. The molecule has 30 heavy (non-hydrogen) atoms. The van der Waals surface area contributed by atoms with Crippen molar-refractivity contribution in [3.8, 4) is 0 Å². The van der Waals surface area contributed by atoms with E-state index in [4.69, 9.17) is 4.74 Å². The van der Waals surface area contributed by atoms with Crippen LogP contribution in [0.4, 0.5) is 13.2 Å². The average molecular weight is 434 g/mol. The maximum absolute atomic E-state index is 13.9. The molecule has 1 spiro atoms. The van der Waals surface area contributed by atoms with Crippen molar-refractivity contribution in [3.05, 3.63) is 69.7 Å². The Morgan fingerprint density at radius 1 is 1.30 bits per heavy atom. The first-order valence-corrected chi connectivity index (χ1v) is 10.4. The second-order valence-electron chi connectivity index (χ2n) is 7.74. The fourth-order valence-corrected chi connectivity index (χ4v) is 5.36. The van der Waals surface area contributed by atoms with Crippen LogP contribution in [0.1, 0.15) is 10.4 Å². The molecule has 2 fully saturated rings. The van der Waals surface area contributed by atoms with Gasteiger partial charge < -0.3 is 15.0 Å². The molecule has 4 atom stereocenters. The smallest absolute Gasteiger partial charge is 0.230 e. The number of amides is 2. The number of carbonyl (C=O) groups is 2. The van der Waals surface area contributed by atoms with Gasteiger partial charge in [0.25, 0.3) is 0 Å². The molecule has 5 rings (SSSR count). The number of nitrogens with one attached hydrogen (secondary N) is 1. The normalized spacial score (nSPS) is 29.0. The van der Waals surface area contributed by atoms with Gasteiger partial charge in [-0.05, 0) is 11.4 Å². The predicted octanol–water partition coefficient (Wildman–Crippen LogP) is 2.76. The lowest BCUT2D eigenvalue weighted by atomic mass is 9.77. The number of fused-ring (bicyclic) bond motifs is 1. The second-order valence-corrected chi connectivity index (χ2v) is 8.77. The number of halogens is 3. The summed E-state index contributed by atoms with van der Waals surface area (Å²) < 4.78 is 46.8. The van der Waals surface area contributed by atoms with Gasteiger partial charge in [-0.25, -0.2) is 13.2 Å². The first-order chi connectivity index (χ1) is 14.4. The lowest BCUT2D eigenvalue weighted by Gasteiger charge is -2.23. The highest BCUT2D eigenvalue weighted by molar-refractivity contribution is 7.09. The summed E-state index contributed by atoms with van der Waals surface area (Å²) in [7, 11) is 0. The fourth-order valence-electron chi connectivity index (χ4n) is 4.64. The summed E-state index contributed by atoms with van der Waals surface area (Å²) in [5.41, 5.74) is -1.29. The Morgan fingerprint density at radius 3 is 2.77 bits per heavy atom. The standard InChI is InChI=1S/C21H17F3N2O3S/c22-11-6-14(23)13(15(24)7-11)8-25-19(27)17-16-3-4-21(29-16)10-26(20(28)18(17)21)9-12-2-1-5-30-12/h1-7,16-18H,8-10H2,(H,25,27). The monoisotopic (exact) mass is 434 g/mol. The fraction of sp³-hybridized carbons (Fsp3) is 0.333. The summed E-state index contributed by atoms with van der Waals surface area (Å²) in [4.78, 5) is 28.7. The molecule has 4 heterocycles. The number of likely N-dealkylation sites (tertiary alicyclic amines) is 1. The minimum Gasteiger partial charge on any atom is -0.360 e. The Hall–Kier alpha value is -2.65. The Kier molecular flexibility index (Phi) is 4.48. The van der Waals surface area contributed by atoms with Crippen LogP contribution in [-0.2, 0) is 27.4 Å². The first-order valence-electron chi connectivity index (χ1n) is 9.47. The van der Waals surface area contributed by atoms with Crippen LogP contribution in [0.3, 0.4) is 0 Å². The summed E-state index contributed by atoms with van der Waals surface area (Å²) >= 11 is 1.54. The molecule has 9 heteroatoms. The van der Waals surface area contributed by atoms with Gasteiger partial charge in [0.1, 0.15) is 23.1 Å². The van der Waals surface area contributed by atoms with Gasteiger partial charge in [-0.15, -0.1) is 11.3 Å². The predicted molar refractivity (Wildman–Crippen MR) is 102 cm³/mol. The highest BCUT2D eigenvalue weighted by atomic mass is 32.1. The molecule has 1 aromatic heterocycles. The maximum Gasteiger partial charge on any atom is 0.230 e. The van der Waals surface area contributed by atoms with Crippen LogP contribution >= 0.6 is 11.3 Å². The topological polar surface area (TPSA) is 58.6 Å². The van der Waals surface area contributed by atoms with Crippen molar-refractivity contribution in [1.29, 1.82) is 0 Å². The maximum atomic E-state index is 13.9. The van der Waals surface area contributed by atoms with Crippen LogP contribution in [0.25, 0.3) is 0 Å². The summed E-state index contributed by atoms with van der Waals surface area (Å²) in [6, 6.07) is 4.97. The van der Waals surface area contributed by atoms with E-state index in [1.165, 1.54) is 0 Å². The zero-order valence-electron chi connectivity index (χ0n) is 15.6. The number of carbonyl (C=O) groups excluding carboxylic acids is 2. The number of benzene rings is 1. The van der Waals surface area contributed by atoms with Crippen molar-refractivity contribution >= 4 is 23.2 Å². The Labute approximate surface area is 174 Å². The summed E-state index contributed by atoms with van der Waals surface area (Å²) in [5, 5.41) is 4.42. The molecule has 2 aromatic rings. The van der Waals surface area contributed by atoms with Crippen molar-refractivity contribution in [2.45, 2.75) is 24.8 Å². The van der Waals surface area contributed by atoms with Gasteiger partial charge in [0.2, 0.25) is 11.8 Å². The molecule has 2 saturated heterocycles. The number of thiophene rings is 1. The first kappa shape index (κ1) is 19.3. The molecule has 1 aromatic carbocycles. The van der Waals surface area contributed by atoms with Crippen molar-refractivity contribution in [1.82, 2.24) is 10.2 Å². The van der Waals surface area contributed by atoms with Crippen molar-refractivity contribution in [2.24, 2.45) is 11.8 Å².